The van der Waals surface area contributed by atoms with Gasteiger partial charge in [0.05, 0.1) is 11.8 Å². The second-order valence-corrected chi connectivity index (χ2v) is 7.23. The van der Waals surface area contributed by atoms with Gasteiger partial charge < -0.3 is 5.11 Å². The van der Waals surface area contributed by atoms with Crippen molar-refractivity contribution in [3.63, 3.8) is 0 Å². The van der Waals surface area contributed by atoms with Crippen molar-refractivity contribution in [3.05, 3.63) is 0 Å². The summed E-state index contributed by atoms with van der Waals surface area (Å²) in [7, 11) is -3.15. The Hall–Kier alpha value is -0.660. The first kappa shape index (κ1) is 13.8. The molecule has 0 aromatic rings. The van der Waals surface area contributed by atoms with Crippen molar-refractivity contribution in [2.75, 3.05) is 32.7 Å². The lowest BCUT2D eigenvalue weighted by Crippen LogP contribution is -2.51. The van der Waals surface area contributed by atoms with Crippen LogP contribution < -0.4 is 0 Å². The molecule has 2 rings (SSSR count). The van der Waals surface area contributed by atoms with Crippen LogP contribution in [-0.4, -0.2) is 66.7 Å². The lowest BCUT2D eigenvalue weighted by Gasteiger charge is -2.34. The van der Waals surface area contributed by atoms with Crippen LogP contribution >= 0.6 is 0 Å². The molecule has 2 aliphatic rings. The Balaban J connectivity index is 1.90. The minimum atomic E-state index is -3.15. The van der Waals surface area contributed by atoms with E-state index in [9.17, 15) is 13.2 Å². The minimum absolute atomic E-state index is 0.00266. The van der Waals surface area contributed by atoms with Crippen molar-refractivity contribution in [1.29, 1.82) is 0 Å². The van der Waals surface area contributed by atoms with Gasteiger partial charge in [0.15, 0.2) is 0 Å². The number of carboxylic acids is 1. The summed E-state index contributed by atoms with van der Waals surface area (Å²) in [4.78, 5) is 12.4. The molecule has 1 heterocycles. The molecule has 2 fully saturated rings. The van der Waals surface area contributed by atoms with Crippen LogP contribution in [-0.2, 0) is 14.8 Å². The number of hydrogen-bond acceptors (Lipinski definition) is 4. The SMILES string of the molecule is O=C(O)CN1CCN(S(=O)(=O)C2CCCC2)CC1. The predicted octanol–water partition coefficient (Wildman–Crippen LogP) is -0.0390. The highest BCUT2D eigenvalue weighted by Crippen LogP contribution is 2.27. The van der Waals surface area contributed by atoms with Crippen molar-refractivity contribution in [3.8, 4) is 0 Å². The Kier molecular flexibility index (Phi) is 4.24. The van der Waals surface area contributed by atoms with Crippen LogP contribution in [0.1, 0.15) is 25.7 Å². The Morgan fingerprint density at radius 2 is 1.67 bits per heavy atom. The molecule has 0 bridgehead atoms. The summed E-state index contributed by atoms with van der Waals surface area (Å²) in [5.41, 5.74) is 0. The summed E-state index contributed by atoms with van der Waals surface area (Å²) in [5.74, 6) is -0.859. The maximum absolute atomic E-state index is 12.3. The number of sulfonamides is 1. The smallest absolute Gasteiger partial charge is 0.317 e. The van der Waals surface area contributed by atoms with Crippen molar-refractivity contribution in [2.24, 2.45) is 0 Å². The number of carbonyl (C=O) groups is 1. The average molecular weight is 276 g/mol. The van der Waals surface area contributed by atoms with Crippen molar-refractivity contribution < 1.29 is 18.3 Å². The highest BCUT2D eigenvalue weighted by atomic mass is 32.2. The highest BCUT2D eigenvalue weighted by Gasteiger charge is 2.35. The first-order valence-electron chi connectivity index (χ1n) is 6.43. The number of nitrogens with zero attached hydrogens (tertiary/aromatic N) is 2. The van der Waals surface area contributed by atoms with Crippen molar-refractivity contribution in [1.82, 2.24) is 9.21 Å². The zero-order valence-corrected chi connectivity index (χ0v) is 11.2. The maximum Gasteiger partial charge on any atom is 0.317 e. The van der Waals surface area contributed by atoms with Gasteiger partial charge in [0.2, 0.25) is 10.0 Å². The van der Waals surface area contributed by atoms with Gasteiger partial charge in [0, 0.05) is 26.2 Å². The quantitative estimate of drug-likeness (QED) is 0.779. The molecule has 7 heteroatoms. The van der Waals surface area contributed by atoms with Crippen LogP contribution in [0.4, 0.5) is 0 Å². The molecule has 1 saturated heterocycles. The molecule has 0 aromatic heterocycles. The van der Waals surface area contributed by atoms with Gasteiger partial charge in [-0.2, -0.15) is 4.31 Å². The lowest BCUT2D eigenvalue weighted by atomic mass is 10.3. The van der Waals surface area contributed by atoms with Gasteiger partial charge >= 0.3 is 5.97 Å². The topological polar surface area (TPSA) is 77.9 Å². The minimum Gasteiger partial charge on any atom is -0.480 e. The summed E-state index contributed by atoms with van der Waals surface area (Å²) >= 11 is 0. The third-order valence-electron chi connectivity index (χ3n) is 3.77. The Morgan fingerprint density at radius 3 is 2.17 bits per heavy atom. The molecule has 1 N–H and O–H groups in total. The summed E-state index contributed by atoms with van der Waals surface area (Å²) < 4.78 is 26.2. The van der Waals surface area contributed by atoms with Crippen LogP contribution in [0.2, 0.25) is 0 Å². The third-order valence-corrected chi connectivity index (χ3v) is 6.17. The molecular weight excluding hydrogens is 256 g/mol. The monoisotopic (exact) mass is 276 g/mol. The summed E-state index contributed by atoms with van der Waals surface area (Å²) in [6.07, 6.45) is 3.56. The van der Waals surface area contributed by atoms with E-state index in [4.69, 9.17) is 5.11 Å². The van der Waals surface area contributed by atoms with E-state index in [1.165, 1.54) is 0 Å². The number of rotatable bonds is 4. The van der Waals surface area contributed by atoms with E-state index in [1.54, 1.807) is 9.21 Å². The van der Waals surface area contributed by atoms with Crippen LogP contribution in [0, 0.1) is 0 Å². The average Bonchev–Trinajstić information content (AvgIpc) is 2.83. The second kappa shape index (κ2) is 5.54. The fraction of sp³-hybridized carbons (Fsp3) is 0.909. The zero-order chi connectivity index (χ0) is 13.2. The van der Waals surface area contributed by atoms with E-state index in [-0.39, 0.29) is 11.8 Å². The molecule has 0 spiro atoms. The third kappa shape index (κ3) is 3.02. The van der Waals surface area contributed by atoms with E-state index in [1.807, 2.05) is 0 Å². The lowest BCUT2D eigenvalue weighted by molar-refractivity contribution is -0.138. The van der Waals surface area contributed by atoms with E-state index in [0.29, 0.717) is 26.2 Å². The van der Waals surface area contributed by atoms with E-state index >= 15 is 0 Å². The first-order chi connectivity index (χ1) is 8.50. The van der Waals surface area contributed by atoms with Gasteiger partial charge in [-0.15, -0.1) is 0 Å². The zero-order valence-electron chi connectivity index (χ0n) is 10.4. The second-order valence-electron chi connectivity index (χ2n) is 5.02. The maximum atomic E-state index is 12.3. The largest absolute Gasteiger partial charge is 0.480 e. The molecule has 1 aliphatic heterocycles. The first-order valence-corrected chi connectivity index (χ1v) is 7.93. The van der Waals surface area contributed by atoms with Gasteiger partial charge in [-0.3, -0.25) is 9.69 Å². The van der Waals surface area contributed by atoms with Gasteiger partial charge in [-0.05, 0) is 12.8 Å². The normalized spacial score (nSPS) is 24.4. The van der Waals surface area contributed by atoms with Gasteiger partial charge in [0.1, 0.15) is 0 Å². The van der Waals surface area contributed by atoms with Gasteiger partial charge in [0.25, 0.3) is 0 Å². The summed E-state index contributed by atoms with van der Waals surface area (Å²) in [6.45, 7) is 1.87. The Bertz CT molecular complexity index is 395. The van der Waals surface area contributed by atoms with Crippen molar-refractivity contribution >= 4 is 16.0 Å². The molecule has 1 saturated carbocycles. The van der Waals surface area contributed by atoms with Crippen LogP contribution in [0.3, 0.4) is 0 Å². The Labute approximate surface area is 108 Å². The molecule has 0 radical (unpaired) electrons. The summed E-state index contributed by atoms with van der Waals surface area (Å²) in [5, 5.41) is 8.49. The van der Waals surface area contributed by atoms with Crippen LogP contribution in [0.15, 0.2) is 0 Å². The van der Waals surface area contributed by atoms with Crippen molar-refractivity contribution in [2.45, 2.75) is 30.9 Å². The molecule has 18 heavy (non-hydrogen) atoms. The van der Waals surface area contributed by atoms with Gasteiger partial charge in [-0.25, -0.2) is 8.42 Å². The number of hydrogen-bond donors (Lipinski definition) is 1. The van der Waals surface area contributed by atoms with E-state index < -0.39 is 16.0 Å². The molecule has 0 aromatic carbocycles. The van der Waals surface area contributed by atoms with E-state index in [0.717, 1.165) is 25.7 Å². The Morgan fingerprint density at radius 1 is 1.11 bits per heavy atom. The highest BCUT2D eigenvalue weighted by molar-refractivity contribution is 7.89. The number of carboxylic acid groups (broad SMARTS) is 1. The molecule has 1 aliphatic carbocycles. The molecule has 6 nitrogen and oxygen atoms in total. The fourth-order valence-corrected chi connectivity index (χ4v) is 4.75. The summed E-state index contributed by atoms with van der Waals surface area (Å²) in [6, 6.07) is 0. The standard InChI is InChI=1S/C11H20N2O4S/c14-11(15)9-12-5-7-13(8-6-12)18(16,17)10-3-1-2-4-10/h10H,1-9H2,(H,14,15). The molecule has 0 amide bonds. The molecule has 104 valence electrons. The van der Waals surface area contributed by atoms with Crippen LogP contribution in [0.25, 0.3) is 0 Å². The molecule has 0 atom stereocenters. The predicted molar refractivity (Wildman–Crippen MR) is 66.8 cm³/mol. The van der Waals surface area contributed by atoms with E-state index in [2.05, 4.69) is 0 Å². The number of aliphatic carboxylic acids is 1. The fourth-order valence-electron chi connectivity index (χ4n) is 2.73. The van der Waals surface area contributed by atoms with Crippen LogP contribution in [0.5, 0.6) is 0 Å². The molecular formula is C11H20N2O4S. The van der Waals surface area contributed by atoms with Gasteiger partial charge in [-0.1, -0.05) is 12.8 Å². The number of piperazine rings is 1. The molecule has 0 unspecified atom stereocenters.